The van der Waals surface area contributed by atoms with Crippen LogP contribution in [0, 0.1) is 0 Å². The number of pyridine rings is 1. The van der Waals surface area contributed by atoms with Gasteiger partial charge in [-0.15, -0.1) is 0 Å². The molecule has 0 unspecified atom stereocenters. The van der Waals surface area contributed by atoms with Gasteiger partial charge in [0.15, 0.2) is 6.10 Å². The number of likely N-dealkylation sites (N-methyl/N-ethyl adjacent to an activating group) is 1. The molecule has 122 valence electrons. The van der Waals surface area contributed by atoms with Crippen LogP contribution in [0.25, 0.3) is 10.8 Å². The maximum atomic E-state index is 11.4. The predicted octanol–water partition coefficient (Wildman–Crippen LogP) is 3.84. The van der Waals surface area contributed by atoms with Crippen LogP contribution in [0.2, 0.25) is 5.15 Å². The van der Waals surface area contributed by atoms with Crippen LogP contribution in [-0.4, -0.2) is 42.3 Å². The molecule has 1 aliphatic heterocycles. The number of ether oxygens (including phenoxy) is 2. The third-order valence-corrected chi connectivity index (χ3v) is 4.17. The minimum atomic E-state index is -0.313. The van der Waals surface area contributed by atoms with Crippen LogP contribution in [0.15, 0.2) is 24.4 Å². The molecule has 3 rings (SSSR count). The maximum absolute atomic E-state index is 11.4. The third kappa shape index (κ3) is 3.20. The molecule has 1 aromatic heterocycles. The molecule has 0 saturated carbocycles. The molecule has 23 heavy (non-hydrogen) atoms. The van der Waals surface area contributed by atoms with Crippen molar-refractivity contribution in [3.8, 4) is 5.75 Å². The van der Waals surface area contributed by atoms with Crippen molar-refractivity contribution in [3.05, 3.63) is 35.1 Å². The summed E-state index contributed by atoms with van der Waals surface area (Å²) in [5, 5.41) is 2.42. The predicted molar refractivity (Wildman–Crippen MR) is 89.2 cm³/mol. The molecule has 2 heterocycles. The number of carbonyl (C=O) groups is 1. The number of hydrogen-bond acceptors (Lipinski definition) is 4. The summed E-state index contributed by atoms with van der Waals surface area (Å²) < 4.78 is 11.1. The molecule has 0 radical (unpaired) electrons. The van der Waals surface area contributed by atoms with Gasteiger partial charge >= 0.3 is 6.09 Å². The second kappa shape index (κ2) is 6.24. The SMILES string of the molecule is CC(C)c1ccc(OC[C@H]2CN(C)C(=O)O2)c2cnc(Cl)cc12. The number of halogens is 1. The summed E-state index contributed by atoms with van der Waals surface area (Å²) in [5.74, 6) is 1.09. The number of fused-ring (bicyclic) bond motifs is 1. The summed E-state index contributed by atoms with van der Waals surface area (Å²) in [4.78, 5) is 17.1. The van der Waals surface area contributed by atoms with Crippen molar-refractivity contribution >= 4 is 28.5 Å². The van der Waals surface area contributed by atoms with Crippen LogP contribution in [0.4, 0.5) is 4.79 Å². The minimum Gasteiger partial charge on any atom is -0.489 e. The lowest BCUT2D eigenvalue weighted by Crippen LogP contribution is -2.23. The first-order valence-corrected chi connectivity index (χ1v) is 7.96. The molecule has 1 saturated heterocycles. The van der Waals surface area contributed by atoms with Gasteiger partial charge in [0.2, 0.25) is 0 Å². The Balaban J connectivity index is 1.87. The molecule has 1 atom stereocenters. The van der Waals surface area contributed by atoms with Crippen molar-refractivity contribution in [3.63, 3.8) is 0 Å². The Morgan fingerprint density at radius 2 is 2.22 bits per heavy atom. The molecule has 5 nitrogen and oxygen atoms in total. The highest BCUT2D eigenvalue weighted by atomic mass is 35.5. The van der Waals surface area contributed by atoms with Crippen molar-refractivity contribution in [2.45, 2.75) is 25.9 Å². The fourth-order valence-corrected chi connectivity index (χ4v) is 2.92. The number of hydrogen-bond donors (Lipinski definition) is 0. The van der Waals surface area contributed by atoms with Crippen LogP contribution in [-0.2, 0) is 4.74 Å². The molecule has 0 bridgehead atoms. The van der Waals surface area contributed by atoms with Crippen LogP contribution in [0.1, 0.15) is 25.3 Å². The van der Waals surface area contributed by atoms with Crippen LogP contribution >= 0.6 is 11.6 Å². The van der Waals surface area contributed by atoms with Gasteiger partial charge in [-0.3, -0.25) is 0 Å². The summed E-state index contributed by atoms with van der Waals surface area (Å²) in [6, 6.07) is 5.85. The summed E-state index contributed by atoms with van der Waals surface area (Å²) >= 11 is 6.05. The van der Waals surface area contributed by atoms with E-state index >= 15 is 0 Å². The molecule has 1 amide bonds. The Morgan fingerprint density at radius 3 is 2.87 bits per heavy atom. The molecule has 0 aliphatic carbocycles. The zero-order valence-electron chi connectivity index (χ0n) is 13.4. The number of amides is 1. The van der Waals surface area contributed by atoms with E-state index in [1.807, 2.05) is 18.2 Å². The van der Waals surface area contributed by atoms with E-state index in [-0.39, 0.29) is 12.2 Å². The van der Waals surface area contributed by atoms with Crippen LogP contribution in [0.3, 0.4) is 0 Å². The second-order valence-corrected chi connectivity index (χ2v) is 6.44. The van der Waals surface area contributed by atoms with Gasteiger partial charge in [-0.25, -0.2) is 9.78 Å². The molecule has 1 aliphatic rings. The number of rotatable bonds is 4. The van der Waals surface area contributed by atoms with Crippen molar-refractivity contribution in [1.82, 2.24) is 9.88 Å². The number of aromatic nitrogens is 1. The first kappa shape index (κ1) is 15.9. The average Bonchev–Trinajstić information content (AvgIpc) is 2.82. The van der Waals surface area contributed by atoms with E-state index in [2.05, 4.69) is 18.8 Å². The summed E-state index contributed by atoms with van der Waals surface area (Å²) in [7, 11) is 1.71. The van der Waals surface area contributed by atoms with E-state index in [1.165, 1.54) is 10.5 Å². The topological polar surface area (TPSA) is 51.7 Å². The molecular formula is C17H19ClN2O3. The number of benzene rings is 1. The fourth-order valence-electron chi connectivity index (χ4n) is 2.76. The quantitative estimate of drug-likeness (QED) is 0.797. The molecule has 1 fully saturated rings. The Hall–Kier alpha value is -2.01. The second-order valence-electron chi connectivity index (χ2n) is 6.06. The van der Waals surface area contributed by atoms with E-state index in [0.29, 0.717) is 24.2 Å². The standard InChI is InChI=1S/C17H19ClN2O3/c1-10(2)12-4-5-15(14-7-19-16(18)6-13(12)14)22-9-11-8-20(3)17(21)23-11/h4-7,10-11H,8-9H2,1-3H3/t11-/m1/s1. The fraction of sp³-hybridized carbons (Fsp3) is 0.412. The van der Waals surface area contributed by atoms with Crippen molar-refractivity contribution in [2.75, 3.05) is 20.2 Å². The van der Waals surface area contributed by atoms with Gasteiger partial charge in [0.25, 0.3) is 0 Å². The lowest BCUT2D eigenvalue weighted by Gasteiger charge is -2.16. The molecular weight excluding hydrogens is 316 g/mol. The van der Waals surface area contributed by atoms with Crippen molar-refractivity contribution in [2.24, 2.45) is 0 Å². The Morgan fingerprint density at radius 1 is 1.43 bits per heavy atom. The minimum absolute atomic E-state index is 0.257. The van der Waals surface area contributed by atoms with Crippen LogP contribution < -0.4 is 4.74 Å². The number of nitrogens with zero attached hydrogens (tertiary/aromatic N) is 2. The molecule has 1 aromatic carbocycles. The summed E-state index contributed by atoms with van der Waals surface area (Å²) in [6.45, 7) is 5.12. The Bertz CT molecular complexity index is 748. The zero-order valence-corrected chi connectivity index (χ0v) is 14.1. The highest BCUT2D eigenvalue weighted by Gasteiger charge is 2.28. The lowest BCUT2D eigenvalue weighted by molar-refractivity contribution is 0.104. The van der Waals surface area contributed by atoms with Gasteiger partial charge in [-0.1, -0.05) is 31.5 Å². The average molecular weight is 335 g/mol. The molecule has 2 aromatic rings. The van der Waals surface area contributed by atoms with Crippen molar-refractivity contribution < 1.29 is 14.3 Å². The smallest absolute Gasteiger partial charge is 0.410 e. The van der Waals surface area contributed by atoms with Crippen molar-refractivity contribution in [1.29, 1.82) is 0 Å². The Kier molecular flexibility index (Phi) is 4.31. The van der Waals surface area contributed by atoms with Gasteiger partial charge in [-0.05, 0) is 29.0 Å². The number of carbonyl (C=O) groups excluding carboxylic acids is 1. The maximum Gasteiger partial charge on any atom is 0.410 e. The van der Waals surface area contributed by atoms with Gasteiger partial charge in [0.05, 0.1) is 6.54 Å². The molecule has 0 N–H and O–H groups in total. The van der Waals surface area contributed by atoms with Gasteiger partial charge in [0.1, 0.15) is 17.5 Å². The third-order valence-electron chi connectivity index (χ3n) is 3.96. The normalized spacial score (nSPS) is 17.9. The van der Waals surface area contributed by atoms with E-state index in [4.69, 9.17) is 21.1 Å². The summed E-state index contributed by atoms with van der Waals surface area (Å²) in [5.41, 5.74) is 1.20. The summed E-state index contributed by atoms with van der Waals surface area (Å²) in [6.07, 6.45) is 1.16. The van der Waals surface area contributed by atoms with Gasteiger partial charge < -0.3 is 14.4 Å². The Labute approximate surface area is 140 Å². The highest BCUT2D eigenvalue weighted by molar-refractivity contribution is 6.30. The van der Waals surface area contributed by atoms with Gasteiger partial charge in [0, 0.05) is 18.6 Å². The van der Waals surface area contributed by atoms with E-state index in [1.54, 1.807) is 13.2 Å². The van der Waals surface area contributed by atoms with E-state index in [0.717, 1.165) is 16.5 Å². The van der Waals surface area contributed by atoms with E-state index in [9.17, 15) is 4.79 Å². The molecule has 0 spiro atoms. The lowest BCUT2D eigenvalue weighted by atomic mass is 9.97. The first-order valence-electron chi connectivity index (χ1n) is 7.58. The van der Waals surface area contributed by atoms with Crippen LogP contribution in [0.5, 0.6) is 5.75 Å². The van der Waals surface area contributed by atoms with E-state index < -0.39 is 0 Å². The first-order chi connectivity index (χ1) is 11.0. The van der Waals surface area contributed by atoms with Gasteiger partial charge in [-0.2, -0.15) is 0 Å². The zero-order chi connectivity index (χ0) is 16.6. The molecule has 6 heteroatoms. The number of cyclic esters (lactones) is 1. The highest BCUT2D eigenvalue weighted by Crippen LogP contribution is 2.33. The largest absolute Gasteiger partial charge is 0.489 e. The monoisotopic (exact) mass is 334 g/mol.